The number of hydrogen-bond acceptors (Lipinski definition) is 4. The molecule has 37 heavy (non-hydrogen) atoms. The third-order valence-electron chi connectivity index (χ3n) is 13.2. The van der Waals surface area contributed by atoms with Crippen LogP contribution in [-0.2, 0) is 19.4 Å². The zero-order valence-corrected chi connectivity index (χ0v) is 24.7. The van der Waals surface area contributed by atoms with Crippen LogP contribution < -0.4 is 0 Å². The Kier molecular flexibility index (Phi) is 6.02. The van der Waals surface area contributed by atoms with Crippen molar-refractivity contribution in [2.45, 2.75) is 119 Å². The van der Waals surface area contributed by atoms with Crippen molar-refractivity contribution in [2.24, 2.45) is 50.2 Å². The van der Waals surface area contributed by atoms with Crippen molar-refractivity contribution in [1.29, 1.82) is 0 Å². The lowest BCUT2D eigenvalue weighted by atomic mass is 9.33. The van der Waals surface area contributed by atoms with E-state index in [2.05, 4.69) is 54.5 Å². The summed E-state index contributed by atoms with van der Waals surface area (Å²) in [6.07, 6.45) is 10.8. The number of carboxylic acid groups (broad SMARTS) is 1. The van der Waals surface area contributed by atoms with Crippen LogP contribution in [0, 0.1) is 50.2 Å². The monoisotopic (exact) mass is 536 g/mol. The molecule has 0 aromatic rings. The normalized spacial score (nSPS) is 48.5. The summed E-state index contributed by atoms with van der Waals surface area (Å²) in [4.78, 5) is 12.8. The van der Waals surface area contributed by atoms with Gasteiger partial charge in [0.1, 0.15) is 0 Å². The number of carboxylic acids is 1. The summed E-state index contributed by atoms with van der Waals surface area (Å²) < 4.78 is 37.9. The van der Waals surface area contributed by atoms with Crippen LogP contribution in [0.15, 0.2) is 11.6 Å². The van der Waals surface area contributed by atoms with Gasteiger partial charge in [-0.2, -0.15) is 8.42 Å². The first kappa shape index (κ1) is 27.6. The molecule has 0 heterocycles. The Morgan fingerprint density at radius 2 is 1.57 bits per heavy atom. The van der Waals surface area contributed by atoms with Gasteiger partial charge in [-0.1, -0.05) is 60.1 Å². The van der Waals surface area contributed by atoms with Crippen LogP contribution in [0.25, 0.3) is 0 Å². The van der Waals surface area contributed by atoms with Gasteiger partial charge in [-0.15, -0.1) is 0 Å². The van der Waals surface area contributed by atoms with E-state index in [9.17, 15) is 22.9 Å². The number of aliphatic carboxylic acids is 1. The highest BCUT2D eigenvalue weighted by Crippen LogP contribution is 2.75. The molecule has 4 saturated carbocycles. The molecular weight excluding hydrogens is 488 g/mol. The molecule has 5 rings (SSSR count). The van der Waals surface area contributed by atoms with Crippen molar-refractivity contribution in [3.8, 4) is 0 Å². The Labute approximate surface area is 224 Å². The van der Waals surface area contributed by atoms with Crippen molar-refractivity contribution in [3.05, 3.63) is 11.6 Å². The molecule has 5 aliphatic rings. The van der Waals surface area contributed by atoms with Crippen LogP contribution in [0.1, 0.15) is 113 Å². The molecule has 6 nitrogen and oxygen atoms in total. The first-order valence-electron chi connectivity index (χ1n) is 14.4. The average Bonchev–Trinajstić information content (AvgIpc) is 2.75. The lowest BCUT2D eigenvalue weighted by molar-refractivity contribution is -0.202. The zero-order chi connectivity index (χ0) is 27.4. The summed E-state index contributed by atoms with van der Waals surface area (Å²) in [5, 5.41) is 10.5. The van der Waals surface area contributed by atoms with Crippen LogP contribution >= 0.6 is 0 Å². The highest BCUT2D eigenvalue weighted by molar-refractivity contribution is 7.80. The maximum absolute atomic E-state index is 12.8. The van der Waals surface area contributed by atoms with Crippen molar-refractivity contribution in [3.63, 3.8) is 0 Å². The summed E-state index contributed by atoms with van der Waals surface area (Å²) >= 11 is 0. The second-order valence-corrected chi connectivity index (χ2v) is 16.6. The number of hydrogen-bond donors (Lipinski definition) is 2. The largest absolute Gasteiger partial charge is 0.481 e. The SMILES string of the molecule is CC1(C)CC[C@]2(C(=O)O)CC[C@]3(C)C(=CC[C@@H]4[C@@]5(C)CC[C@H](OS(=O)(=O)O)C(C)(C)[C@@H]5CC[C@]43C)[C@@H]2C1. The van der Waals surface area contributed by atoms with Crippen molar-refractivity contribution >= 4 is 16.4 Å². The fourth-order valence-electron chi connectivity index (χ4n) is 10.9. The van der Waals surface area contributed by atoms with Gasteiger partial charge in [0, 0.05) is 0 Å². The van der Waals surface area contributed by atoms with E-state index in [0.29, 0.717) is 12.3 Å². The second-order valence-electron chi connectivity index (χ2n) is 15.5. The molecule has 5 aliphatic carbocycles. The third-order valence-corrected chi connectivity index (χ3v) is 13.7. The summed E-state index contributed by atoms with van der Waals surface area (Å²) in [5.74, 6) is 0.226. The van der Waals surface area contributed by atoms with E-state index in [1.54, 1.807) is 0 Å². The molecule has 0 unspecified atom stereocenters. The number of rotatable bonds is 3. The Hall–Kier alpha value is -0.920. The molecule has 7 heteroatoms. The van der Waals surface area contributed by atoms with E-state index in [-0.39, 0.29) is 38.9 Å². The molecule has 0 amide bonds. The van der Waals surface area contributed by atoms with Gasteiger partial charge >= 0.3 is 16.4 Å². The predicted octanol–water partition coefficient (Wildman–Crippen LogP) is 7.06. The molecule has 0 aromatic carbocycles. The van der Waals surface area contributed by atoms with Crippen LogP contribution in [0.3, 0.4) is 0 Å². The maximum atomic E-state index is 12.8. The van der Waals surface area contributed by atoms with E-state index in [0.717, 1.165) is 57.8 Å². The molecule has 2 N–H and O–H groups in total. The molecule has 0 saturated heterocycles. The quantitative estimate of drug-likeness (QED) is 0.296. The number of fused-ring (bicyclic) bond motifs is 7. The maximum Gasteiger partial charge on any atom is 0.397 e. The van der Waals surface area contributed by atoms with Gasteiger partial charge in [0.05, 0.1) is 11.5 Å². The van der Waals surface area contributed by atoms with Gasteiger partial charge in [-0.05, 0) is 109 Å². The summed E-state index contributed by atoms with van der Waals surface area (Å²) in [6.45, 7) is 16.2. The lowest BCUT2D eigenvalue weighted by Gasteiger charge is -2.71. The number of carbonyl (C=O) groups is 1. The zero-order valence-electron chi connectivity index (χ0n) is 23.9. The Balaban J connectivity index is 1.55. The lowest BCUT2D eigenvalue weighted by Crippen LogP contribution is -2.65. The van der Waals surface area contributed by atoms with E-state index in [4.69, 9.17) is 4.18 Å². The average molecular weight is 537 g/mol. The van der Waals surface area contributed by atoms with E-state index in [1.807, 2.05) is 0 Å². The minimum absolute atomic E-state index is 0.0216. The first-order valence-corrected chi connectivity index (χ1v) is 15.8. The van der Waals surface area contributed by atoms with Crippen molar-refractivity contribution < 1.29 is 27.1 Å². The molecule has 0 radical (unpaired) electrons. The first-order chi connectivity index (χ1) is 16.8. The minimum Gasteiger partial charge on any atom is -0.481 e. The highest BCUT2D eigenvalue weighted by atomic mass is 32.3. The molecule has 210 valence electrons. The molecule has 0 bridgehead atoms. The second kappa shape index (κ2) is 8.06. The fourth-order valence-corrected chi connectivity index (χ4v) is 11.6. The molecule has 0 aromatic heterocycles. The van der Waals surface area contributed by atoms with Gasteiger partial charge in [-0.25, -0.2) is 4.18 Å². The van der Waals surface area contributed by atoms with Crippen LogP contribution in [-0.4, -0.2) is 30.2 Å². The molecule has 0 spiro atoms. The standard InChI is InChI=1S/C30H48O6S/c1-25(2)14-16-30(24(31)32)17-15-28(6)19(20(30)18-25)8-9-22-27(5)12-11-23(36-37(33,34)35)26(3,4)21(27)10-13-29(22,28)7/h8,20-23H,9-18H2,1-7H3,(H,31,32)(H,33,34,35)/t20-,21-,22+,23-,27-,28+,29+,30-/m0/s1. The minimum atomic E-state index is -4.50. The van der Waals surface area contributed by atoms with Crippen molar-refractivity contribution in [1.82, 2.24) is 0 Å². The summed E-state index contributed by atoms with van der Waals surface area (Å²) in [5.41, 5.74) is 0.616. The molecule has 4 fully saturated rings. The smallest absolute Gasteiger partial charge is 0.397 e. The van der Waals surface area contributed by atoms with E-state index in [1.165, 1.54) is 5.57 Å². The van der Waals surface area contributed by atoms with Gasteiger partial charge in [0.2, 0.25) is 0 Å². The summed E-state index contributed by atoms with van der Waals surface area (Å²) in [6, 6.07) is 0. The molecular formula is C30H48O6S. The van der Waals surface area contributed by atoms with Crippen molar-refractivity contribution in [2.75, 3.05) is 0 Å². The van der Waals surface area contributed by atoms with Gasteiger partial charge in [0.15, 0.2) is 0 Å². The highest BCUT2D eigenvalue weighted by Gasteiger charge is 2.69. The third kappa shape index (κ3) is 3.76. The Bertz CT molecular complexity index is 1120. The topological polar surface area (TPSA) is 101 Å². The number of allylic oxidation sites excluding steroid dienone is 2. The van der Waals surface area contributed by atoms with E-state index < -0.39 is 27.9 Å². The summed E-state index contributed by atoms with van der Waals surface area (Å²) in [7, 11) is -4.50. The van der Waals surface area contributed by atoms with Gasteiger partial charge < -0.3 is 5.11 Å². The van der Waals surface area contributed by atoms with E-state index >= 15 is 0 Å². The molecule has 0 aliphatic heterocycles. The predicted molar refractivity (Wildman–Crippen MR) is 143 cm³/mol. The van der Waals surface area contributed by atoms with Crippen LogP contribution in [0.2, 0.25) is 0 Å². The van der Waals surface area contributed by atoms with Gasteiger partial charge in [-0.3, -0.25) is 9.35 Å². The Morgan fingerprint density at radius 3 is 2.19 bits per heavy atom. The fraction of sp³-hybridized carbons (Fsp3) is 0.900. The van der Waals surface area contributed by atoms with Crippen LogP contribution in [0.4, 0.5) is 0 Å². The van der Waals surface area contributed by atoms with Gasteiger partial charge in [0.25, 0.3) is 0 Å². The Morgan fingerprint density at radius 1 is 0.919 bits per heavy atom. The molecule has 8 atom stereocenters. The van der Waals surface area contributed by atoms with Crippen LogP contribution in [0.5, 0.6) is 0 Å².